The summed E-state index contributed by atoms with van der Waals surface area (Å²) in [6, 6.07) is 7.91. The van der Waals surface area contributed by atoms with Gasteiger partial charge in [0.2, 0.25) is 0 Å². The summed E-state index contributed by atoms with van der Waals surface area (Å²) in [5.41, 5.74) is 3.72. The third-order valence-corrected chi connectivity index (χ3v) is 4.52. The molecular weight excluding hydrogens is 302 g/mol. The Balaban J connectivity index is 1.61. The molecule has 0 saturated carbocycles. The van der Waals surface area contributed by atoms with Crippen LogP contribution in [0.25, 0.3) is 11.4 Å². The number of fused-ring (bicyclic) bond motifs is 1. The summed E-state index contributed by atoms with van der Waals surface area (Å²) in [6.45, 7) is 2.38. The predicted octanol–water partition coefficient (Wildman–Crippen LogP) is 1.73. The van der Waals surface area contributed by atoms with Crippen molar-refractivity contribution in [1.29, 1.82) is 0 Å². The minimum absolute atomic E-state index is 0.0459. The lowest BCUT2D eigenvalue weighted by Crippen LogP contribution is -2.35. The van der Waals surface area contributed by atoms with E-state index in [1.54, 1.807) is 12.4 Å². The number of nitrogens with zero attached hydrogens (tertiary/aromatic N) is 4. The van der Waals surface area contributed by atoms with E-state index in [0.29, 0.717) is 12.4 Å². The molecule has 4 heterocycles. The molecule has 0 spiro atoms. The van der Waals surface area contributed by atoms with Gasteiger partial charge in [0.1, 0.15) is 5.82 Å². The van der Waals surface area contributed by atoms with Gasteiger partial charge >= 0.3 is 0 Å². The van der Waals surface area contributed by atoms with Crippen LogP contribution in [0.1, 0.15) is 17.0 Å². The van der Waals surface area contributed by atoms with Gasteiger partial charge in [-0.2, -0.15) is 0 Å². The molecule has 1 aliphatic heterocycles. The quantitative estimate of drug-likeness (QED) is 0.798. The van der Waals surface area contributed by atoms with Gasteiger partial charge in [-0.05, 0) is 24.3 Å². The third kappa shape index (κ3) is 2.76. The Morgan fingerprint density at radius 1 is 1.29 bits per heavy atom. The van der Waals surface area contributed by atoms with Gasteiger partial charge in [-0.15, -0.1) is 0 Å². The zero-order chi connectivity index (χ0) is 16.5. The van der Waals surface area contributed by atoms with Crippen molar-refractivity contribution in [3.63, 3.8) is 0 Å². The van der Waals surface area contributed by atoms with Gasteiger partial charge in [0.15, 0.2) is 0 Å². The van der Waals surface area contributed by atoms with E-state index in [0.717, 1.165) is 36.3 Å². The molecule has 0 amide bonds. The number of H-pyrrole nitrogens is 1. The first kappa shape index (κ1) is 14.8. The Bertz CT molecular complexity index is 913. The molecular formula is C18H19N5O. The molecule has 0 aromatic carbocycles. The van der Waals surface area contributed by atoms with Gasteiger partial charge in [-0.1, -0.05) is 0 Å². The van der Waals surface area contributed by atoms with Crippen LogP contribution in [0.15, 0.2) is 47.7 Å². The largest absolute Gasteiger partial charge is 0.353 e. The van der Waals surface area contributed by atoms with Gasteiger partial charge in [0, 0.05) is 63.0 Å². The van der Waals surface area contributed by atoms with Crippen molar-refractivity contribution >= 4 is 0 Å². The van der Waals surface area contributed by atoms with E-state index in [-0.39, 0.29) is 5.56 Å². The molecule has 3 aromatic rings. The number of aryl methyl sites for hydroxylation is 1. The van der Waals surface area contributed by atoms with Crippen LogP contribution in [0, 0.1) is 0 Å². The Morgan fingerprint density at radius 3 is 2.96 bits per heavy atom. The van der Waals surface area contributed by atoms with Gasteiger partial charge in [-0.25, -0.2) is 4.98 Å². The molecule has 0 unspecified atom stereocenters. The number of hydrogen-bond donors (Lipinski definition) is 1. The van der Waals surface area contributed by atoms with Crippen molar-refractivity contribution in [1.82, 2.24) is 24.4 Å². The minimum atomic E-state index is -0.0459. The number of rotatable bonds is 3. The molecule has 1 N–H and O–H groups in total. The summed E-state index contributed by atoms with van der Waals surface area (Å²) in [5.74, 6) is 0.600. The fourth-order valence-corrected chi connectivity index (χ4v) is 3.15. The lowest BCUT2D eigenvalue weighted by Gasteiger charge is -2.27. The summed E-state index contributed by atoms with van der Waals surface area (Å²) in [7, 11) is 2.04. The molecule has 0 fully saturated rings. The lowest BCUT2D eigenvalue weighted by molar-refractivity contribution is 0.237. The summed E-state index contributed by atoms with van der Waals surface area (Å²) in [5, 5.41) is 0. The van der Waals surface area contributed by atoms with Crippen LogP contribution in [0.4, 0.5) is 0 Å². The monoisotopic (exact) mass is 321 g/mol. The number of aromatic amines is 1. The average Bonchev–Trinajstić information content (AvgIpc) is 3.01. The summed E-state index contributed by atoms with van der Waals surface area (Å²) >= 11 is 0. The molecule has 6 heteroatoms. The van der Waals surface area contributed by atoms with Crippen LogP contribution in [0.3, 0.4) is 0 Å². The smallest absolute Gasteiger partial charge is 0.255 e. The van der Waals surface area contributed by atoms with Crippen molar-refractivity contribution in [2.45, 2.75) is 19.5 Å². The molecule has 0 aliphatic carbocycles. The number of nitrogens with one attached hydrogen (secondary N) is 1. The molecule has 24 heavy (non-hydrogen) atoms. The molecule has 0 radical (unpaired) electrons. The maximum Gasteiger partial charge on any atom is 0.255 e. The van der Waals surface area contributed by atoms with Crippen molar-refractivity contribution in [2.75, 3.05) is 6.54 Å². The van der Waals surface area contributed by atoms with Crippen LogP contribution in [-0.4, -0.2) is 31.0 Å². The summed E-state index contributed by atoms with van der Waals surface area (Å²) in [6.07, 6.45) is 6.26. The highest BCUT2D eigenvalue weighted by Crippen LogP contribution is 2.19. The maximum absolute atomic E-state index is 12.5. The standard InChI is InChI=1S/C18H19N5O/c1-22-8-3-5-14(22)11-23-9-6-16-15(12-23)18(24)21-17(20-16)13-4-2-7-19-10-13/h2-5,7-8,10H,6,9,11-12H2,1H3,(H,20,21,24). The van der Waals surface area contributed by atoms with Crippen LogP contribution >= 0.6 is 0 Å². The SMILES string of the molecule is Cn1cccc1CN1CCc2nc(-c3cccnc3)[nH]c(=O)c2C1. The van der Waals surface area contributed by atoms with E-state index in [1.165, 1.54) is 5.69 Å². The van der Waals surface area contributed by atoms with Crippen molar-refractivity contribution in [3.05, 3.63) is 70.2 Å². The van der Waals surface area contributed by atoms with Crippen molar-refractivity contribution < 1.29 is 0 Å². The van der Waals surface area contributed by atoms with Crippen molar-refractivity contribution in [3.8, 4) is 11.4 Å². The van der Waals surface area contributed by atoms with Crippen LogP contribution in [0.5, 0.6) is 0 Å². The van der Waals surface area contributed by atoms with Gasteiger partial charge < -0.3 is 9.55 Å². The Morgan fingerprint density at radius 2 is 2.21 bits per heavy atom. The number of hydrogen-bond acceptors (Lipinski definition) is 4. The first-order valence-corrected chi connectivity index (χ1v) is 8.06. The predicted molar refractivity (Wildman–Crippen MR) is 91.3 cm³/mol. The highest BCUT2D eigenvalue weighted by Gasteiger charge is 2.22. The first-order chi connectivity index (χ1) is 11.7. The highest BCUT2D eigenvalue weighted by molar-refractivity contribution is 5.53. The second kappa shape index (κ2) is 6.05. The van der Waals surface area contributed by atoms with Gasteiger partial charge in [0.05, 0.1) is 11.3 Å². The Labute approximate surface area is 139 Å². The molecule has 0 bridgehead atoms. The van der Waals surface area contributed by atoms with Crippen LogP contribution < -0.4 is 5.56 Å². The Hall–Kier alpha value is -2.73. The first-order valence-electron chi connectivity index (χ1n) is 8.06. The second-order valence-electron chi connectivity index (χ2n) is 6.15. The van der Waals surface area contributed by atoms with E-state index in [1.807, 2.05) is 31.4 Å². The number of aromatic nitrogens is 4. The molecule has 0 atom stereocenters. The lowest BCUT2D eigenvalue weighted by atomic mass is 10.1. The second-order valence-corrected chi connectivity index (χ2v) is 6.15. The van der Waals surface area contributed by atoms with Gasteiger partial charge in [0.25, 0.3) is 5.56 Å². The average molecular weight is 321 g/mol. The molecule has 3 aromatic heterocycles. The molecule has 0 saturated heterocycles. The molecule has 1 aliphatic rings. The molecule has 122 valence electrons. The summed E-state index contributed by atoms with van der Waals surface area (Å²) < 4.78 is 2.11. The van der Waals surface area contributed by atoms with Crippen molar-refractivity contribution in [2.24, 2.45) is 7.05 Å². The molecule has 4 rings (SSSR count). The maximum atomic E-state index is 12.5. The number of pyridine rings is 1. The fourth-order valence-electron chi connectivity index (χ4n) is 3.15. The minimum Gasteiger partial charge on any atom is -0.353 e. The van der Waals surface area contributed by atoms with E-state index in [9.17, 15) is 4.79 Å². The van der Waals surface area contributed by atoms with E-state index in [2.05, 4.69) is 30.5 Å². The normalized spacial score (nSPS) is 14.5. The van der Waals surface area contributed by atoms with Gasteiger partial charge in [-0.3, -0.25) is 14.7 Å². The van der Waals surface area contributed by atoms with Crippen LogP contribution in [-0.2, 0) is 26.6 Å². The highest BCUT2D eigenvalue weighted by atomic mass is 16.1. The third-order valence-electron chi connectivity index (χ3n) is 4.52. The topological polar surface area (TPSA) is 66.8 Å². The zero-order valence-electron chi connectivity index (χ0n) is 13.6. The van der Waals surface area contributed by atoms with E-state index >= 15 is 0 Å². The summed E-state index contributed by atoms with van der Waals surface area (Å²) in [4.78, 5) is 26.5. The van der Waals surface area contributed by atoms with E-state index < -0.39 is 0 Å². The zero-order valence-corrected chi connectivity index (χ0v) is 13.6. The van der Waals surface area contributed by atoms with Crippen LogP contribution in [0.2, 0.25) is 0 Å². The Kier molecular flexibility index (Phi) is 3.74. The molecule has 6 nitrogen and oxygen atoms in total. The fraction of sp³-hybridized carbons (Fsp3) is 0.278. The van der Waals surface area contributed by atoms with E-state index in [4.69, 9.17) is 0 Å².